The van der Waals surface area contributed by atoms with Crippen LogP contribution in [-0.2, 0) is 9.59 Å². The number of hydrogen-bond acceptors (Lipinski definition) is 3. The number of rotatable bonds is 6. The van der Waals surface area contributed by atoms with Gasteiger partial charge in [0.25, 0.3) is 0 Å². The molecule has 2 aromatic carbocycles. The fourth-order valence-corrected chi connectivity index (χ4v) is 6.68. The molecule has 2 atom stereocenters. The van der Waals surface area contributed by atoms with E-state index in [-0.39, 0.29) is 24.5 Å². The molecule has 5 nitrogen and oxygen atoms in total. The monoisotopic (exact) mass is 448 g/mol. The Labute approximate surface area is 169 Å². The molecule has 3 rings (SSSR count). The molecular formula is C20H24N2O3SeSi. The Morgan fingerprint density at radius 2 is 1.67 bits per heavy atom. The predicted molar refractivity (Wildman–Crippen MR) is 109 cm³/mol. The van der Waals surface area contributed by atoms with Crippen LogP contribution >= 0.6 is 0 Å². The van der Waals surface area contributed by atoms with Crippen LogP contribution in [0.5, 0.6) is 5.75 Å². The molecule has 1 heterocycles. The zero-order chi connectivity index (χ0) is 19.7. The molecule has 0 radical (unpaired) electrons. The van der Waals surface area contributed by atoms with Gasteiger partial charge in [0.05, 0.1) is 0 Å². The van der Waals surface area contributed by atoms with Crippen LogP contribution in [0.3, 0.4) is 0 Å². The second-order valence-corrected chi connectivity index (χ2v) is 13.9. The number of nitrogens with zero attached hydrogens (tertiary/aromatic N) is 1. The first-order chi connectivity index (χ1) is 12.7. The topological polar surface area (TPSA) is 58.6 Å². The molecule has 27 heavy (non-hydrogen) atoms. The SMILES string of the molecule is C[Si](C)(C)N1C(=O)[C@@]([SeH])(NC(=O)COc2ccccc2)C1c1ccccc1. The van der Waals surface area contributed by atoms with Gasteiger partial charge in [0.2, 0.25) is 0 Å². The third-order valence-corrected chi connectivity index (χ3v) is 7.54. The maximum absolute atomic E-state index is 13.0. The van der Waals surface area contributed by atoms with Crippen molar-refractivity contribution in [2.24, 2.45) is 0 Å². The molecule has 0 spiro atoms. The van der Waals surface area contributed by atoms with E-state index in [1.54, 1.807) is 12.1 Å². The van der Waals surface area contributed by atoms with Crippen LogP contribution in [0.25, 0.3) is 0 Å². The Morgan fingerprint density at radius 1 is 1.11 bits per heavy atom. The van der Waals surface area contributed by atoms with E-state index in [4.69, 9.17) is 4.74 Å². The van der Waals surface area contributed by atoms with Crippen LogP contribution in [0, 0.1) is 0 Å². The summed E-state index contributed by atoms with van der Waals surface area (Å²) < 4.78 is 6.45. The first kappa shape index (κ1) is 19.7. The number of hydrogen-bond donors (Lipinski definition) is 1. The third kappa shape index (κ3) is 3.95. The Kier molecular flexibility index (Phi) is 5.47. The standard InChI is InChI=1S/C20H24N2O3SeSi/c1-27(2,3)22-18(15-10-6-4-7-11-15)20(26,19(22)24)21-17(23)14-25-16-12-8-5-9-13-16/h4-13,18,26H,14H2,1-3H3,(H,21,23)/t18?,20-/m1/s1. The van der Waals surface area contributed by atoms with Crippen LogP contribution in [0.4, 0.5) is 0 Å². The molecule has 1 aliphatic rings. The summed E-state index contributed by atoms with van der Waals surface area (Å²) in [6.07, 6.45) is 0. The normalized spacial score (nSPS) is 22.1. The summed E-state index contributed by atoms with van der Waals surface area (Å²) in [6, 6.07) is 18.8. The number of β-lactam (4-membered cyclic amide) rings is 1. The van der Waals surface area contributed by atoms with Crippen LogP contribution in [0.2, 0.25) is 19.6 Å². The first-order valence-corrected chi connectivity index (χ1v) is 13.2. The van der Waals surface area contributed by atoms with Crippen LogP contribution in [0.15, 0.2) is 60.7 Å². The quantitative estimate of drug-likeness (QED) is 0.546. The van der Waals surface area contributed by atoms with Crippen molar-refractivity contribution in [3.8, 4) is 5.75 Å². The predicted octanol–water partition coefficient (Wildman–Crippen LogP) is 2.20. The van der Waals surface area contributed by atoms with Gasteiger partial charge in [0.1, 0.15) is 0 Å². The van der Waals surface area contributed by atoms with Crippen molar-refractivity contribution in [3.63, 3.8) is 0 Å². The van der Waals surface area contributed by atoms with E-state index in [2.05, 4.69) is 41.0 Å². The average Bonchev–Trinajstić information content (AvgIpc) is 2.64. The maximum atomic E-state index is 13.0. The minimum absolute atomic E-state index is 0.0522. The fourth-order valence-electron chi connectivity index (χ4n) is 3.29. The average molecular weight is 447 g/mol. The molecular weight excluding hydrogens is 423 g/mol. The number of benzene rings is 2. The second-order valence-electron chi connectivity index (χ2n) is 7.58. The van der Waals surface area contributed by atoms with E-state index >= 15 is 0 Å². The van der Waals surface area contributed by atoms with Crippen molar-refractivity contribution in [2.75, 3.05) is 6.61 Å². The van der Waals surface area contributed by atoms with Crippen LogP contribution in [0.1, 0.15) is 11.6 Å². The molecule has 0 aliphatic carbocycles. The molecule has 2 amide bonds. The summed E-state index contributed by atoms with van der Waals surface area (Å²) in [7, 11) is -1.90. The minimum atomic E-state index is -1.90. The van der Waals surface area contributed by atoms with Crippen molar-refractivity contribution < 1.29 is 14.3 Å². The van der Waals surface area contributed by atoms with Gasteiger partial charge in [-0.3, -0.25) is 0 Å². The molecule has 0 bridgehead atoms. The molecule has 0 saturated carbocycles. The van der Waals surface area contributed by atoms with Crippen molar-refractivity contribution in [2.45, 2.75) is 30.1 Å². The second kappa shape index (κ2) is 7.50. The molecule has 1 unspecified atom stereocenters. The van der Waals surface area contributed by atoms with Crippen molar-refractivity contribution >= 4 is 36.1 Å². The fraction of sp³-hybridized carbons (Fsp3) is 0.300. The van der Waals surface area contributed by atoms with Gasteiger partial charge in [0, 0.05) is 0 Å². The molecule has 142 valence electrons. The third-order valence-electron chi connectivity index (χ3n) is 4.48. The van der Waals surface area contributed by atoms with E-state index in [0.29, 0.717) is 5.75 Å². The summed E-state index contributed by atoms with van der Waals surface area (Å²) >= 11 is 2.39. The van der Waals surface area contributed by atoms with Gasteiger partial charge in [-0.25, -0.2) is 0 Å². The molecule has 2 aromatic rings. The van der Waals surface area contributed by atoms with Crippen LogP contribution < -0.4 is 10.1 Å². The van der Waals surface area contributed by atoms with Crippen LogP contribution in [-0.4, -0.2) is 51.7 Å². The molecule has 1 saturated heterocycles. The van der Waals surface area contributed by atoms with E-state index < -0.39 is 12.7 Å². The van der Waals surface area contributed by atoms with Crippen molar-refractivity contribution in [1.82, 2.24) is 9.88 Å². The summed E-state index contributed by atoms with van der Waals surface area (Å²) in [5.74, 6) is 0.253. The van der Waals surface area contributed by atoms with E-state index in [1.165, 1.54) is 0 Å². The summed E-state index contributed by atoms with van der Waals surface area (Å²) in [6.45, 7) is 6.26. The molecule has 1 N–H and O–H groups in total. The number of amides is 2. The summed E-state index contributed by atoms with van der Waals surface area (Å²) in [5, 5.41) is 2.90. The van der Waals surface area contributed by atoms with Gasteiger partial charge >= 0.3 is 169 Å². The van der Waals surface area contributed by atoms with Crippen molar-refractivity contribution in [3.05, 3.63) is 66.2 Å². The number of para-hydroxylation sites is 1. The summed E-state index contributed by atoms with van der Waals surface area (Å²) in [4.78, 5) is 25.5. The Bertz CT molecular complexity index is 826. The number of nitrogens with one attached hydrogen (secondary N) is 1. The zero-order valence-corrected chi connectivity index (χ0v) is 18.6. The van der Waals surface area contributed by atoms with Gasteiger partial charge in [-0.05, 0) is 0 Å². The number of carbonyl (C=O) groups excluding carboxylic acids is 2. The van der Waals surface area contributed by atoms with E-state index in [9.17, 15) is 9.59 Å². The molecule has 1 fully saturated rings. The Morgan fingerprint density at radius 3 is 2.22 bits per heavy atom. The van der Waals surface area contributed by atoms with Gasteiger partial charge < -0.3 is 0 Å². The number of carbonyl (C=O) groups is 2. The summed E-state index contributed by atoms with van der Waals surface area (Å²) in [5.41, 5.74) is 1.02. The number of ether oxygens (including phenoxy) is 1. The van der Waals surface area contributed by atoms with E-state index in [0.717, 1.165) is 5.56 Å². The van der Waals surface area contributed by atoms with Gasteiger partial charge in [-0.15, -0.1) is 0 Å². The molecule has 7 heteroatoms. The Balaban J connectivity index is 1.77. The molecule has 0 aromatic heterocycles. The zero-order valence-electron chi connectivity index (χ0n) is 15.7. The first-order valence-electron chi connectivity index (χ1n) is 8.83. The van der Waals surface area contributed by atoms with Gasteiger partial charge in [0.15, 0.2) is 0 Å². The van der Waals surface area contributed by atoms with E-state index in [1.807, 2.05) is 53.1 Å². The molecule has 1 aliphatic heterocycles. The Hall–Kier alpha value is -2.08. The van der Waals surface area contributed by atoms with Gasteiger partial charge in [-0.2, -0.15) is 0 Å². The van der Waals surface area contributed by atoms with Gasteiger partial charge in [-0.1, -0.05) is 0 Å². The van der Waals surface area contributed by atoms with Crippen molar-refractivity contribution in [1.29, 1.82) is 0 Å².